The maximum atomic E-state index is 13.8. The van der Waals surface area contributed by atoms with Gasteiger partial charge in [0.05, 0.1) is 5.56 Å². The van der Waals surface area contributed by atoms with Gasteiger partial charge < -0.3 is 10.2 Å². The number of nitrogens with zero attached hydrogens (tertiary/aromatic N) is 1. The van der Waals surface area contributed by atoms with Gasteiger partial charge >= 0.3 is 0 Å². The molecule has 0 aromatic heterocycles. The second kappa shape index (κ2) is 7.01. The molecule has 0 unspecified atom stereocenters. The zero-order valence-corrected chi connectivity index (χ0v) is 13.6. The zero-order valence-electron chi connectivity index (χ0n) is 12.9. The number of carbonyl (C=O) groups excluding carboxylic acids is 2. The molecule has 1 N–H and O–H groups in total. The topological polar surface area (TPSA) is 49.4 Å². The lowest BCUT2D eigenvalue weighted by molar-refractivity contribution is -0.119. The van der Waals surface area contributed by atoms with Crippen LogP contribution in [-0.2, 0) is 4.79 Å². The molecule has 3 rings (SSSR count). The monoisotopic (exact) mass is 346 g/mol. The average Bonchev–Trinajstić information content (AvgIpc) is 2.57. The smallest absolute Gasteiger partial charge is 0.258 e. The van der Waals surface area contributed by atoms with Crippen molar-refractivity contribution in [1.29, 1.82) is 0 Å². The van der Waals surface area contributed by atoms with Crippen LogP contribution in [0.2, 0.25) is 5.02 Å². The summed E-state index contributed by atoms with van der Waals surface area (Å²) in [5.41, 5.74) is 1.10. The second-order valence-electron chi connectivity index (χ2n) is 5.63. The van der Waals surface area contributed by atoms with E-state index < -0.39 is 11.7 Å². The van der Waals surface area contributed by atoms with Gasteiger partial charge in [0.25, 0.3) is 5.91 Å². The van der Waals surface area contributed by atoms with E-state index >= 15 is 0 Å². The number of hydrogen-bond donors (Lipinski definition) is 1. The largest absolute Gasteiger partial charge is 0.322 e. The summed E-state index contributed by atoms with van der Waals surface area (Å²) in [4.78, 5) is 26.0. The van der Waals surface area contributed by atoms with Crippen LogP contribution in [0.25, 0.3) is 0 Å². The minimum absolute atomic E-state index is 0.0746. The standard InChI is InChI=1S/C18H16ClFN2O2/c19-12-7-8-16(20)15(10-12)18(24)21-13-4-3-5-14(11-13)22-9-2-1-6-17(22)23/h3-5,7-8,10-11H,1-2,6,9H2,(H,21,24). The van der Waals surface area contributed by atoms with E-state index in [2.05, 4.69) is 5.32 Å². The predicted molar refractivity (Wildman–Crippen MR) is 92.0 cm³/mol. The highest BCUT2D eigenvalue weighted by Crippen LogP contribution is 2.24. The van der Waals surface area contributed by atoms with Gasteiger partial charge in [0.2, 0.25) is 5.91 Å². The molecule has 0 saturated carbocycles. The van der Waals surface area contributed by atoms with E-state index in [9.17, 15) is 14.0 Å². The molecule has 0 aliphatic carbocycles. The fraction of sp³-hybridized carbons (Fsp3) is 0.222. The van der Waals surface area contributed by atoms with Crippen LogP contribution in [-0.4, -0.2) is 18.4 Å². The van der Waals surface area contributed by atoms with Crippen LogP contribution < -0.4 is 10.2 Å². The molecule has 4 nitrogen and oxygen atoms in total. The summed E-state index contributed by atoms with van der Waals surface area (Å²) in [6.07, 6.45) is 2.39. The Kier molecular flexibility index (Phi) is 4.81. The third kappa shape index (κ3) is 3.57. The fourth-order valence-electron chi connectivity index (χ4n) is 2.70. The van der Waals surface area contributed by atoms with Gasteiger partial charge in [-0.3, -0.25) is 9.59 Å². The Morgan fingerprint density at radius 3 is 2.79 bits per heavy atom. The van der Waals surface area contributed by atoms with E-state index in [0.29, 0.717) is 18.7 Å². The number of hydrogen-bond acceptors (Lipinski definition) is 2. The molecule has 1 aliphatic heterocycles. The predicted octanol–water partition coefficient (Wildman–Crippen LogP) is 4.25. The summed E-state index contributed by atoms with van der Waals surface area (Å²) < 4.78 is 13.8. The molecule has 1 fully saturated rings. The molecule has 1 saturated heterocycles. The maximum Gasteiger partial charge on any atom is 0.258 e. The molecule has 1 heterocycles. The second-order valence-corrected chi connectivity index (χ2v) is 6.07. The Labute approximate surface area is 144 Å². The van der Waals surface area contributed by atoms with Gasteiger partial charge in [0.1, 0.15) is 5.82 Å². The van der Waals surface area contributed by atoms with Crippen LogP contribution in [0.1, 0.15) is 29.6 Å². The van der Waals surface area contributed by atoms with Crippen LogP contribution >= 0.6 is 11.6 Å². The van der Waals surface area contributed by atoms with Gasteiger partial charge in [0.15, 0.2) is 0 Å². The molecule has 6 heteroatoms. The van der Waals surface area contributed by atoms with Crippen LogP contribution in [0.4, 0.5) is 15.8 Å². The molecule has 2 amide bonds. The zero-order chi connectivity index (χ0) is 17.1. The van der Waals surface area contributed by atoms with E-state index in [-0.39, 0.29) is 16.5 Å². The number of benzene rings is 2. The van der Waals surface area contributed by atoms with E-state index in [4.69, 9.17) is 11.6 Å². The highest BCUT2D eigenvalue weighted by atomic mass is 35.5. The molecular weight excluding hydrogens is 331 g/mol. The first-order valence-corrected chi connectivity index (χ1v) is 8.09. The Balaban J connectivity index is 1.80. The summed E-state index contributed by atoms with van der Waals surface area (Å²) in [7, 11) is 0. The van der Waals surface area contributed by atoms with Crippen molar-refractivity contribution in [2.24, 2.45) is 0 Å². The number of nitrogens with one attached hydrogen (secondary N) is 1. The summed E-state index contributed by atoms with van der Waals surface area (Å²) in [5.74, 6) is -1.15. The fourth-order valence-corrected chi connectivity index (χ4v) is 2.87. The highest BCUT2D eigenvalue weighted by molar-refractivity contribution is 6.31. The van der Waals surface area contributed by atoms with Gasteiger partial charge in [-0.2, -0.15) is 0 Å². The number of carbonyl (C=O) groups is 2. The van der Waals surface area contributed by atoms with Crippen LogP contribution in [0.3, 0.4) is 0 Å². The Morgan fingerprint density at radius 1 is 1.17 bits per heavy atom. The van der Waals surface area contributed by atoms with Crippen molar-refractivity contribution in [3.8, 4) is 0 Å². The minimum atomic E-state index is -0.640. The summed E-state index contributed by atoms with van der Waals surface area (Å²) >= 11 is 5.82. The first-order chi connectivity index (χ1) is 11.5. The number of piperidine rings is 1. The van der Waals surface area contributed by atoms with Crippen molar-refractivity contribution in [3.63, 3.8) is 0 Å². The molecule has 0 radical (unpaired) electrons. The summed E-state index contributed by atoms with van der Waals surface area (Å²) in [6.45, 7) is 0.666. The van der Waals surface area contributed by atoms with Crippen molar-refractivity contribution in [2.45, 2.75) is 19.3 Å². The van der Waals surface area contributed by atoms with E-state index in [1.807, 2.05) is 6.07 Å². The lowest BCUT2D eigenvalue weighted by Crippen LogP contribution is -2.35. The van der Waals surface area contributed by atoms with Gasteiger partial charge in [-0.05, 0) is 49.2 Å². The average molecular weight is 347 g/mol. The van der Waals surface area contributed by atoms with E-state index in [0.717, 1.165) is 24.6 Å². The van der Waals surface area contributed by atoms with E-state index in [1.54, 1.807) is 23.1 Å². The van der Waals surface area contributed by atoms with Crippen LogP contribution in [0.5, 0.6) is 0 Å². The third-order valence-electron chi connectivity index (χ3n) is 3.91. The van der Waals surface area contributed by atoms with Crippen molar-refractivity contribution in [1.82, 2.24) is 0 Å². The SMILES string of the molecule is O=C(Nc1cccc(N2CCCCC2=O)c1)c1cc(Cl)ccc1F. The lowest BCUT2D eigenvalue weighted by Gasteiger charge is -2.27. The van der Waals surface area contributed by atoms with Gasteiger partial charge in [-0.25, -0.2) is 4.39 Å². The number of anilines is 2. The molecule has 2 aromatic rings. The molecule has 0 bridgehead atoms. The van der Waals surface area contributed by atoms with Crippen molar-refractivity contribution < 1.29 is 14.0 Å². The molecule has 0 atom stereocenters. The first kappa shape index (κ1) is 16.5. The Morgan fingerprint density at radius 2 is 2.00 bits per heavy atom. The number of halogens is 2. The normalized spacial score (nSPS) is 14.6. The Hall–Kier alpha value is -2.40. The molecule has 124 valence electrons. The molecule has 0 spiro atoms. The highest BCUT2D eigenvalue weighted by Gasteiger charge is 2.20. The molecule has 2 aromatic carbocycles. The Bertz CT molecular complexity index is 794. The quantitative estimate of drug-likeness (QED) is 0.903. The van der Waals surface area contributed by atoms with Gasteiger partial charge in [0, 0.05) is 29.4 Å². The lowest BCUT2D eigenvalue weighted by atomic mass is 10.1. The summed E-state index contributed by atoms with van der Waals surface area (Å²) in [5, 5.41) is 2.93. The number of amides is 2. The molecule has 24 heavy (non-hydrogen) atoms. The minimum Gasteiger partial charge on any atom is -0.322 e. The van der Waals surface area contributed by atoms with Crippen LogP contribution in [0.15, 0.2) is 42.5 Å². The third-order valence-corrected chi connectivity index (χ3v) is 4.15. The van der Waals surface area contributed by atoms with Crippen molar-refractivity contribution >= 4 is 34.8 Å². The maximum absolute atomic E-state index is 13.8. The molecule has 1 aliphatic rings. The molecular formula is C18H16ClFN2O2. The van der Waals surface area contributed by atoms with Crippen LogP contribution in [0, 0.1) is 5.82 Å². The first-order valence-electron chi connectivity index (χ1n) is 7.71. The van der Waals surface area contributed by atoms with Crippen molar-refractivity contribution in [3.05, 3.63) is 58.9 Å². The van der Waals surface area contributed by atoms with Gasteiger partial charge in [-0.1, -0.05) is 17.7 Å². The summed E-state index contributed by atoms with van der Waals surface area (Å²) in [6, 6.07) is 10.8. The van der Waals surface area contributed by atoms with Gasteiger partial charge in [-0.15, -0.1) is 0 Å². The number of rotatable bonds is 3. The van der Waals surface area contributed by atoms with E-state index in [1.165, 1.54) is 12.1 Å². The van der Waals surface area contributed by atoms with Crippen molar-refractivity contribution in [2.75, 3.05) is 16.8 Å².